The molecule has 1 fully saturated rings. The van der Waals surface area contributed by atoms with Crippen LogP contribution in [-0.2, 0) is 0 Å². The van der Waals surface area contributed by atoms with E-state index in [-0.39, 0.29) is 0 Å². The average molecular weight is 222 g/mol. The van der Waals surface area contributed by atoms with Crippen molar-refractivity contribution >= 4 is 5.91 Å². The zero-order valence-corrected chi connectivity index (χ0v) is 9.52. The van der Waals surface area contributed by atoms with Gasteiger partial charge in [-0.15, -0.1) is 0 Å². The predicted molar refractivity (Wildman–Crippen MR) is 63.1 cm³/mol. The molecule has 5 heteroatoms. The normalized spacial score (nSPS) is 16.1. The molecule has 1 aromatic rings. The molecule has 1 saturated heterocycles. The maximum absolute atomic E-state index is 10.4. The summed E-state index contributed by atoms with van der Waals surface area (Å²) < 4.78 is 0. The van der Waals surface area contributed by atoms with Crippen LogP contribution in [0.4, 0.5) is 0 Å². The Morgan fingerprint density at radius 1 is 1.38 bits per heavy atom. The number of nitrogens with zero attached hydrogens (tertiary/aromatic N) is 2. The van der Waals surface area contributed by atoms with Crippen molar-refractivity contribution in [3.63, 3.8) is 0 Å². The Labute approximate surface area is 95.7 Å². The number of hydrogen-bond acceptors (Lipinski definition) is 4. The van der Waals surface area contributed by atoms with Gasteiger partial charge in [0.15, 0.2) is 0 Å². The standard InChI is InChI=1S/C6H6N2O.C5H12N2/c7-6(9)5-1-3-8-4-2-5;1-7-4-2-6-3-5-7/h1-4H,(H2,7,9);6H,2-5H2,1H3. The number of rotatable bonds is 1. The lowest BCUT2D eigenvalue weighted by Crippen LogP contribution is -2.40. The first-order valence-electron chi connectivity index (χ1n) is 5.29. The number of nitrogens with one attached hydrogen (secondary N) is 1. The lowest BCUT2D eigenvalue weighted by Gasteiger charge is -2.21. The first-order valence-corrected chi connectivity index (χ1v) is 5.29. The summed E-state index contributed by atoms with van der Waals surface area (Å²) in [5.41, 5.74) is 5.44. The number of aromatic nitrogens is 1. The fourth-order valence-corrected chi connectivity index (χ4v) is 1.29. The van der Waals surface area contributed by atoms with Gasteiger partial charge in [-0.1, -0.05) is 0 Å². The molecular formula is C11H18N4O. The molecule has 0 aliphatic carbocycles. The second kappa shape index (κ2) is 6.92. The maximum Gasteiger partial charge on any atom is 0.248 e. The van der Waals surface area contributed by atoms with E-state index in [0.717, 1.165) is 13.1 Å². The molecule has 1 aliphatic heterocycles. The van der Waals surface area contributed by atoms with E-state index < -0.39 is 5.91 Å². The second-order valence-corrected chi connectivity index (χ2v) is 3.65. The van der Waals surface area contributed by atoms with Gasteiger partial charge in [0.1, 0.15) is 0 Å². The van der Waals surface area contributed by atoms with Gasteiger partial charge >= 0.3 is 0 Å². The van der Waals surface area contributed by atoms with E-state index in [0.29, 0.717) is 5.56 Å². The fraction of sp³-hybridized carbons (Fsp3) is 0.455. The highest BCUT2D eigenvalue weighted by Gasteiger charge is 2.01. The number of carbonyl (C=O) groups excluding carboxylic acids is 1. The Balaban J connectivity index is 0.000000165. The van der Waals surface area contributed by atoms with E-state index in [2.05, 4.69) is 22.2 Å². The molecular weight excluding hydrogens is 204 g/mol. The Morgan fingerprint density at radius 2 is 1.94 bits per heavy atom. The molecule has 0 aromatic carbocycles. The molecule has 3 N–H and O–H groups in total. The van der Waals surface area contributed by atoms with Crippen LogP contribution in [0.5, 0.6) is 0 Å². The molecule has 1 aliphatic rings. The summed E-state index contributed by atoms with van der Waals surface area (Å²) in [7, 11) is 2.15. The average Bonchev–Trinajstić information content (AvgIpc) is 2.32. The largest absolute Gasteiger partial charge is 0.366 e. The van der Waals surface area contributed by atoms with Gasteiger partial charge in [0.2, 0.25) is 5.91 Å². The van der Waals surface area contributed by atoms with Crippen LogP contribution >= 0.6 is 0 Å². The minimum absolute atomic E-state index is 0.419. The van der Waals surface area contributed by atoms with Crippen molar-refractivity contribution in [1.82, 2.24) is 15.2 Å². The molecule has 1 aromatic heterocycles. The number of likely N-dealkylation sites (N-methyl/N-ethyl adjacent to an activating group) is 1. The molecule has 2 rings (SSSR count). The summed E-state index contributed by atoms with van der Waals surface area (Å²) in [6.45, 7) is 4.74. The minimum Gasteiger partial charge on any atom is -0.366 e. The molecule has 2 heterocycles. The smallest absolute Gasteiger partial charge is 0.248 e. The van der Waals surface area contributed by atoms with E-state index >= 15 is 0 Å². The topological polar surface area (TPSA) is 71.2 Å². The van der Waals surface area contributed by atoms with Crippen molar-refractivity contribution in [1.29, 1.82) is 0 Å². The lowest BCUT2D eigenvalue weighted by molar-refractivity contribution is 0.1000. The van der Waals surface area contributed by atoms with Crippen LogP contribution < -0.4 is 11.1 Å². The van der Waals surface area contributed by atoms with E-state index in [9.17, 15) is 4.79 Å². The molecule has 5 nitrogen and oxygen atoms in total. The Bertz CT molecular complexity index is 309. The molecule has 0 spiro atoms. The lowest BCUT2D eigenvalue weighted by atomic mass is 10.3. The monoisotopic (exact) mass is 222 g/mol. The number of primary amides is 1. The summed E-state index contributed by atoms with van der Waals surface area (Å²) >= 11 is 0. The predicted octanol–water partition coefficient (Wildman–Crippen LogP) is -0.298. The Kier molecular flexibility index (Phi) is 5.45. The van der Waals surface area contributed by atoms with Gasteiger partial charge in [0, 0.05) is 44.1 Å². The molecule has 0 saturated carbocycles. The third-order valence-corrected chi connectivity index (χ3v) is 2.31. The zero-order valence-electron chi connectivity index (χ0n) is 9.52. The fourth-order valence-electron chi connectivity index (χ4n) is 1.29. The second-order valence-electron chi connectivity index (χ2n) is 3.65. The van der Waals surface area contributed by atoms with Crippen LogP contribution in [0, 0.1) is 0 Å². The molecule has 16 heavy (non-hydrogen) atoms. The van der Waals surface area contributed by atoms with Crippen molar-refractivity contribution in [2.45, 2.75) is 0 Å². The summed E-state index contributed by atoms with van der Waals surface area (Å²) in [5.74, 6) is -0.419. The number of pyridine rings is 1. The zero-order chi connectivity index (χ0) is 11.8. The number of carbonyl (C=O) groups is 1. The van der Waals surface area contributed by atoms with Gasteiger partial charge in [-0.2, -0.15) is 0 Å². The van der Waals surface area contributed by atoms with Gasteiger partial charge in [-0.25, -0.2) is 0 Å². The van der Waals surface area contributed by atoms with Crippen molar-refractivity contribution < 1.29 is 4.79 Å². The summed E-state index contributed by atoms with van der Waals surface area (Å²) in [6.07, 6.45) is 3.06. The highest BCUT2D eigenvalue weighted by molar-refractivity contribution is 5.92. The third-order valence-electron chi connectivity index (χ3n) is 2.31. The molecule has 0 radical (unpaired) electrons. The number of amides is 1. The highest BCUT2D eigenvalue weighted by atomic mass is 16.1. The first kappa shape index (κ1) is 12.6. The summed E-state index contributed by atoms with van der Waals surface area (Å²) in [4.78, 5) is 16.4. The van der Waals surface area contributed by atoms with Gasteiger partial charge in [-0.3, -0.25) is 9.78 Å². The minimum atomic E-state index is -0.419. The van der Waals surface area contributed by atoms with Crippen molar-refractivity contribution in [3.8, 4) is 0 Å². The van der Waals surface area contributed by atoms with Gasteiger partial charge < -0.3 is 16.0 Å². The Morgan fingerprint density at radius 3 is 2.25 bits per heavy atom. The van der Waals surface area contributed by atoms with E-state index in [1.165, 1.54) is 25.5 Å². The highest BCUT2D eigenvalue weighted by Crippen LogP contribution is 1.91. The maximum atomic E-state index is 10.4. The quantitative estimate of drug-likeness (QED) is 0.684. The van der Waals surface area contributed by atoms with Crippen LogP contribution in [-0.4, -0.2) is 49.0 Å². The molecule has 0 unspecified atom stereocenters. The van der Waals surface area contributed by atoms with E-state index in [4.69, 9.17) is 5.73 Å². The molecule has 88 valence electrons. The molecule has 0 bridgehead atoms. The van der Waals surface area contributed by atoms with Gasteiger partial charge in [0.25, 0.3) is 0 Å². The number of piperazine rings is 1. The number of nitrogens with two attached hydrogens (primary N) is 1. The van der Waals surface area contributed by atoms with Crippen molar-refractivity contribution in [2.24, 2.45) is 5.73 Å². The summed E-state index contributed by atoms with van der Waals surface area (Å²) in [5, 5.41) is 3.27. The number of hydrogen-bond donors (Lipinski definition) is 2. The summed E-state index contributed by atoms with van der Waals surface area (Å²) in [6, 6.07) is 3.14. The molecule has 1 amide bonds. The van der Waals surface area contributed by atoms with E-state index in [1.54, 1.807) is 12.1 Å². The van der Waals surface area contributed by atoms with Gasteiger partial charge in [-0.05, 0) is 19.2 Å². The van der Waals surface area contributed by atoms with Crippen molar-refractivity contribution in [2.75, 3.05) is 33.2 Å². The molecule has 0 atom stereocenters. The van der Waals surface area contributed by atoms with Gasteiger partial charge in [0.05, 0.1) is 0 Å². The first-order chi connectivity index (χ1) is 7.70. The van der Waals surface area contributed by atoms with Crippen LogP contribution in [0.1, 0.15) is 10.4 Å². The van der Waals surface area contributed by atoms with Crippen LogP contribution in [0.25, 0.3) is 0 Å². The third kappa shape index (κ3) is 4.86. The van der Waals surface area contributed by atoms with Crippen LogP contribution in [0.2, 0.25) is 0 Å². The Hall–Kier alpha value is -1.46. The van der Waals surface area contributed by atoms with Crippen LogP contribution in [0.3, 0.4) is 0 Å². The van der Waals surface area contributed by atoms with Crippen LogP contribution in [0.15, 0.2) is 24.5 Å². The van der Waals surface area contributed by atoms with E-state index in [1.807, 2.05) is 0 Å². The SMILES string of the molecule is CN1CCNCC1.NC(=O)c1ccncc1. The van der Waals surface area contributed by atoms with Crippen molar-refractivity contribution in [3.05, 3.63) is 30.1 Å².